The van der Waals surface area contributed by atoms with Crippen LogP contribution in [0.25, 0.3) is 0 Å². The van der Waals surface area contributed by atoms with Crippen molar-refractivity contribution >= 4 is 9.84 Å². The minimum Gasteiger partial charge on any atom is -0.223 e. The van der Waals surface area contributed by atoms with E-state index in [-0.39, 0.29) is 27.2 Å². The average Bonchev–Trinajstić information content (AvgIpc) is 2.94. The Morgan fingerprint density at radius 3 is 1.67 bits per heavy atom. The second-order valence-electron chi connectivity index (χ2n) is 4.95. The summed E-state index contributed by atoms with van der Waals surface area (Å²) >= 11 is 0. The van der Waals surface area contributed by atoms with E-state index in [4.69, 9.17) is 10.5 Å². The van der Waals surface area contributed by atoms with Crippen molar-refractivity contribution in [3.63, 3.8) is 0 Å². The molecule has 0 radical (unpaired) electrons. The van der Waals surface area contributed by atoms with Crippen LogP contribution < -0.4 is 0 Å². The van der Waals surface area contributed by atoms with Crippen molar-refractivity contribution in [1.82, 2.24) is 0 Å². The molecular weight excluding hydrogens is 324 g/mol. The molecule has 0 spiro atoms. The predicted molar refractivity (Wildman–Crippen MR) is 83.3 cm³/mol. The van der Waals surface area contributed by atoms with Gasteiger partial charge in [0.15, 0.2) is 9.84 Å². The zero-order valence-electron chi connectivity index (χ0n) is 12.6. The molecule has 1 aromatic carbocycles. The van der Waals surface area contributed by atoms with Gasteiger partial charge >= 0.3 is 0 Å². The Bertz CT molecular complexity index is 986. The first-order valence-electron chi connectivity index (χ1n) is 6.88. The van der Waals surface area contributed by atoms with E-state index in [1.807, 2.05) is 6.92 Å². The quantitative estimate of drug-likeness (QED) is 0.832. The van der Waals surface area contributed by atoms with Gasteiger partial charge < -0.3 is 0 Å². The van der Waals surface area contributed by atoms with E-state index in [2.05, 4.69) is 0 Å². The van der Waals surface area contributed by atoms with Gasteiger partial charge in [0, 0.05) is 0 Å². The Labute approximate surface area is 139 Å². The van der Waals surface area contributed by atoms with Crippen LogP contribution >= 0.6 is 0 Å². The molecule has 2 rings (SSSR count). The van der Waals surface area contributed by atoms with Crippen molar-refractivity contribution < 1.29 is 8.42 Å². The summed E-state index contributed by atoms with van der Waals surface area (Å²) in [5.41, 5.74) is -0.538. The molecule has 0 saturated heterocycles. The molecule has 0 amide bonds. The summed E-state index contributed by atoms with van der Waals surface area (Å²) < 4.78 is 25.8. The lowest BCUT2D eigenvalue weighted by atomic mass is 10.1. The third-order valence-corrected chi connectivity index (χ3v) is 5.77. The minimum absolute atomic E-state index is 0.0679. The van der Waals surface area contributed by atoms with E-state index in [1.54, 1.807) is 36.4 Å². The topological polar surface area (TPSA) is 129 Å². The maximum absolute atomic E-state index is 12.9. The molecule has 0 fully saturated rings. The Hall–Kier alpha value is -3.39. The van der Waals surface area contributed by atoms with Gasteiger partial charge in [0.25, 0.3) is 0 Å². The van der Waals surface area contributed by atoms with Gasteiger partial charge in [-0.05, 0) is 24.1 Å². The third-order valence-electron chi connectivity index (χ3n) is 3.75. The fourth-order valence-electron chi connectivity index (χ4n) is 2.50. The van der Waals surface area contributed by atoms with Crippen LogP contribution in [-0.4, -0.2) is 13.7 Å². The first-order chi connectivity index (χ1) is 11.5. The molecule has 0 atom stereocenters. The summed E-state index contributed by atoms with van der Waals surface area (Å²) in [5, 5.41) is 35.3. The van der Waals surface area contributed by atoms with Gasteiger partial charge in [0.05, 0.1) is 39.3 Å². The zero-order valence-corrected chi connectivity index (χ0v) is 13.4. The average molecular weight is 334 g/mol. The number of benzene rings is 1. The van der Waals surface area contributed by atoms with E-state index in [0.29, 0.717) is 0 Å². The monoisotopic (exact) mass is 334 g/mol. The molecule has 0 heterocycles. The molecular formula is C17H10N4O2S. The Morgan fingerprint density at radius 2 is 1.33 bits per heavy atom. The van der Waals surface area contributed by atoms with Crippen LogP contribution in [0.4, 0.5) is 0 Å². The summed E-state index contributed by atoms with van der Waals surface area (Å²) in [6.45, 7) is 1.92. The summed E-state index contributed by atoms with van der Waals surface area (Å²) in [6, 6.07) is 12.8. The molecule has 6 nitrogen and oxygen atoms in total. The number of sulfone groups is 1. The van der Waals surface area contributed by atoms with Crippen molar-refractivity contribution in [2.45, 2.75) is 23.5 Å². The number of nitriles is 4. The van der Waals surface area contributed by atoms with Crippen LogP contribution in [0.15, 0.2) is 51.5 Å². The van der Waals surface area contributed by atoms with Crippen molar-refractivity contribution in [3.8, 4) is 24.3 Å². The normalized spacial score (nSPS) is 14.7. The number of rotatable bonds is 3. The lowest BCUT2D eigenvalue weighted by Gasteiger charge is -2.13. The van der Waals surface area contributed by atoms with Crippen LogP contribution in [0.3, 0.4) is 0 Å². The van der Waals surface area contributed by atoms with Gasteiger partial charge in [-0.3, -0.25) is 0 Å². The highest BCUT2D eigenvalue weighted by atomic mass is 32.2. The summed E-state index contributed by atoms with van der Waals surface area (Å²) in [4.78, 5) is -0.0679. The number of hydrogen-bond acceptors (Lipinski definition) is 6. The number of hydrogen-bond donors (Lipinski definition) is 0. The smallest absolute Gasteiger partial charge is 0.191 e. The maximum atomic E-state index is 12.9. The molecule has 116 valence electrons. The molecule has 1 aromatic rings. The van der Waals surface area contributed by atoms with Crippen LogP contribution in [-0.2, 0) is 16.3 Å². The Morgan fingerprint density at radius 1 is 0.875 bits per heavy atom. The van der Waals surface area contributed by atoms with E-state index < -0.39 is 15.1 Å². The molecule has 0 N–H and O–H groups in total. The van der Waals surface area contributed by atoms with Gasteiger partial charge in [0.2, 0.25) is 0 Å². The molecule has 0 unspecified atom stereocenters. The summed E-state index contributed by atoms with van der Waals surface area (Å²) in [7, 11) is -4.14. The third kappa shape index (κ3) is 2.44. The van der Waals surface area contributed by atoms with Crippen molar-refractivity contribution in [2.24, 2.45) is 0 Å². The van der Waals surface area contributed by atoms with Gasteiger partial charge in [-0.15, -0.1) is 0 Å². The molecule has 24 heavy (non-hydrogen) atoms. The second kappa shape index (κ2) is 6.39. The molecule has 0 bridgehead atoms. The van der Waals surface area contributed by atoms with Crippen molar-refractivity contribution in [1.29, 1.82) is 21.0 Å². The molecule has 1 aliphatic rings. The Balaban J connectivity index is 2.73. The van der Waals surface area contributed by atoms with Gasteiger partial charge in [-0.25, -0.2) is 8.42 Å². The highest BCUT2D eigenvalue weighted by molar-refractivity contribution is 7.92. The van der Waals surface area contributed by atoms with Crippen molar-refractivity contribution in [3.05, 3.63) is 52.1 Å². The number of allylic oxidation sites excluding steroid dienone is 2. The van der Waals surface area contributed by atoms with Gasteiger partial charge in [0.1, 0.15) is 17.4 Å². The molecule has 0 aliphatic heterocycles. The van der Waals surface area contributed by atoms with Crippen molar-refractivity contribution in [2.75, 3.05) is 0 Å². The van der Waals surface area contributed by atoms with E-state index in [9.17, 15) is 18.9 Å². The minimum atomic E-state index is -4.14. The van der Waals surface area contributed by atoms with E-state index >= 15 is 0 Å². The second-order valence-corrected chi connectivity index (χ2v) is 6.98. The molecule has 0 saturated carbocycles. The largest absolute Gasteiger partial charge is 0.223 e. The van der Waals surface area contributed by atoms with E-state index in [0.717, 1.165) is 12.0 Å². The summed E-state index contributed by atoms with van der Waals surface area (Å²) in [5.74, 6) is 0. The predicted octanol–water partition coefficient (Wildman–Crippen LogP) is 2.09. The number of nitrogens with zero attached hydrogens (tertiary/aromatic N) is 4. The van der Waals surface area contributed by atoms with Crippen LogP contribution in [0.5, 0.6) is 0 Å². The fourth-order valence-corrected chi connectivity index (χ4v) is 4.25. The first kappa shape index (κ1) is 17.0. The molecule has 1 aliphatic carbocycles. The highest BCUT2D eigenvalue weighted by Gasteiger charge is 2.43. The lowest BCUT2D eigenvalue weighted by Crippen LogP contribution is -2.23. The maximum Gasteiger partial charge on any atom is 0.191 e. The molecule has 7 heteroatoms. The lowest BCUT2D eigenvalue weighted by molar-refractivity contribution is 0.592. The zero-order chi connectivity index (χ0) is 17.9. The van der Waals surface area contributed by atoms with Crippen LogP contribution in [0, 0.1) is 45.3 Å². The van der Waals surface area contributed by atoms with Gasteiger partial charge in [-0.2, -0.15) is 21.0 Å². The highest BCUT2D eigenvalue weighted by Crippen LogP contribution is 2.38. The fraction of sp³-hybridized carbons (Fsp3) is 0.176. The first-order valence-corrected chi connectivity index (χ1v) is 8.42. The van der Waals surface area contributed by atoms with Crippen LogP contribution in [0.2, 0.25) is 0 Å². The van der Waals surface area contributed by atoms with E-state index in [1.165, 1.54) is 12.1 Å². The summed E-state index contributed by atoms with van der Waals surface area (Å²) in [6.07, 6.45) is 0.730. The Kier molecular flexibility index (Phi) is 4.52. The molecule has 0 aromatic heterocycles. The SMILES string of the molecule is CCc1ccc(S(=O)(=O)C2C(C#N)=C(C#N)C(C#N)=C2C#N)cc1. The van der Waals surface area contributed by atoms with Crippen LogP contribution in [0.1, 0.15) is 12.5 Å². The number of aryl methyl sites for hydroxylation is 1. The van der Waals surface area contributed by atoms with Gasteiger partial charge in [-0.1, -0.05) is 19.1 Å². The standard InChI is InChI=1S/C17H10N4O2S/c1-2-11-3-5-12(6-4-11)24(22,23)17-15(9-20)13(7-18)14(8-19)16(17)10-21/h3-6,17H,2H2,1H3.